The first-order valence-electron chi connectivity index (χ1n) is 8.47. The fourth-order valence-electron chi connectivity index (χ4n) is 3.21. The molecule has 0 saturated carbocycles. The van der Waals surface area contributed by atoms with Gasteiger partial charge in [0.25, 0.3) is 5.56 Å². The Balaban J connectivity index is 1.50. The van der Waals surface area contributed by atoms with Crippen LogP contribution in [0.5, 0.6) is 0 Å². The third kappa shape index (κ3) is 3.43. The number of anilines is 1. The van der Waals surface area contributed by atoms with Crippen molar-refractivity contribution in [1.29, 1.82) is 0 Å². The van der Waals surface area contributed by atoms with Gasteiger partial charge in [-0.2, -0.15) is 4.52 Å². The maximum atomic E-state index is 11.8. The van der Waals surface area contributed by atoms with Crippen molar-refractivity contribution >= 4 is 21.4 Å². The van der Waals surface area contributed by atoms with Crippen LogP contribution in [0, 0.1) is 12.8 Å². The van der Waals surface area contributed by atoms with E-state index in [9.17, 15) is 4.79 Å². The number of hydrogen-bond acceptors (Lipinski definition) is 6. The van der Waals surface area contributed by atoms with Gasteiger partial charge in [0.2, 0.25) is 10.1 Å². The zero-order valence-electron chi connectivity index (χ0n) is 14.0. The van der Waals surface area contributed by atoms with Gasteiger partial charge in [0.1, 0.15) is 0 Å². The Kier molecular flexibility index (Phi) is 4.50. The Morgan fingerprint density at radius 3 is 2.96 bits per heavy atom. The van der Waals surface area contributed by atoms with Crippen LogP contribution in [0.1, 0.15) is 30.1 Å². The predicted molar refractivity (Wildman–Crippen MR) is 98.2 cm³/mol. The molecule has 2 unspecified atom stereocenters. The van der Waals surface area contributed by atoms with Gasteiger partial charge in [-0.1, -0.05) is 41.2 Å². The quantitative estimate of drug-likeness (QED) is 0.778. The minimum Gasteiger partial charge on any atom is -0.373 e. The minimum absolute atomic E-state index is 0.0945. The molecule has 1 aliphatic heterocycles. The van der Waals surface area contributed by atoms with Crippen LogP contribution >= 0.6 is 11.3 Å². The van der Waals surface area contributed by atoms with Crippen LogP contribution in [0.4, 0.5) is 5.13 Å². The lowest BCUT2D eigenvalue weighted by Crippen LogP contribution is -2.28. The van der Waals surface area contributed by atoms with Crippen molar-refractivity contribution in [2.45, 2.75) is 25.9 Å². The molecule has 2 atom stereocenters. The van der Waals surface area contributed by atoms with Gasteiger partial charge in [-0.3, -0.25) is 4.79 Å². The maximum Gasteiger partial charge on any atom is 0.275 e. The zero-order valence-corrected chi connectivity index (χ0v) is 14.8. The van der Waals surface area contributed by atoms with E-state index in [1.54, 1.807) is 0 Å². The largest absolute Gasteiger partial charge is 0.373 e. The molecule has 25 heavy (non-hydrogen) atoms. The summed E-state index contributed by atoms with van der Waals surface area (Å²) in [6.45, 7) is 3.65. The highest BCUT2D eigenvalue weighted by molar-refractivity contribution is 7.20. The molecule has 0 spiro atoms. The molecular formula is C18H20N4O2S. The smallest absolute Gasteiger partial charge is 0.275 e. The van der Waals surface area contributed by atoms with Crippen molar-refractivity contribution in [3.05, 3.63) is 58.0 Å². The summed E-state index contributed by atoms with van der Waals surface area (Å²) in [7, 11) is 0. The van der Waals surface area contributed by atoms with Gasteiger partial charge in [-0.15, -0.1) is 5.10 Å². The van der Waals surface area contributed by atoms with Crippen LogP contribution in [0.25, 0.3) is 4.96 Å². The van der Waals surface area contributed by atoms with Gasteiger partial charge in [-0.25, -0.2) is 4.98 Å². The first kappa shape index (κ1) is 16.2. The molecule has 1 aromatic carbocycles. The molecule has 4 rings (SSSR count). The lowest BCUT2D eigenvalue weighted by atomic mass is 9.89. The Morgan fingerprint density at radius 2 is 2.16 bits per heavy atom. The summed E-state index contributed by atoms with van der Waals surface area (Å²) >= 11 is 1.39. The molecule has 3 aromatic rings. The second-order valence-corrected chi connectivity index (χ2v) is 7.33. The van der Waals surface area contributed by atoms with E-state index in [1.807, 2.05) is 0 Å². The molecule has 1 fully saturated rings. The van der Waals surface area contributed by atoms with E-state index in [0.29, 0.717) is 16.0 Å². The molecule has 7 heteroatoms. The first-order chi connectivity index (χ1) is 12.2. The lowest BCUT2D eigenvalue weighted by molar-refractivity contribution is -0.0238. The van der Waals surface area contributed by atoms with Crippen molar-refractivity contribution < 1.29 is 4.74 Å². The molecular weight excluding hydrogens is 336 g/mol. The van der Waals surface area contributed by atoms with Crippen molar-refractivity contribution in [1.82, 2.24) is 14.6 Å². The third-order valence-electron chi connectivity index (χ3n) is 4.54. The number of ether oxygens (including phenoxy) is 1. The molecule has 6 nitrogen and oxygen atoms in total. The summed E-state index contributed by atoms with van der Waals surface area (Å²) < 4.78 is 7.39. The van der Waals surface area contributed by atoms with Gasteiger partial charge >= 0.3 is 0 Å². The summed E-state index contributed by atoms with van der Waals surface area (Å²) in [6.07, 6.45) is 3.78. The van der Waals surface area contributed by atoms with E-state index in [1.165, 1.54) is 39.2 Å². The van der Waals surface area contributed by atoms with Gasteiger partial charge < -0.3 is 10.1 Å². The molecule has 2 aromatic heterocycles. The Bertz CT molecular complexity index is 919. The molecule has 130 valence electrons. The standard InChI is InChI=1S/C18H20N4O2S/c1-12-4-6-13(7-5-12)16-14(3-2-10-24-16)11-20-17-21-22-15(23)8-9-19-18(22)25-17/h4-9,14,16H,2-3,10-11H2,1H3,(H,20,21). The summed E-state index contributed by atoms with van der Waals surface area (Å²) in [5.74, 6) is 0.369. The number of nitrogens with one attached hydrogen (secondary N) is 1. The molecule has 1 aliphatic rings. The highest BCUT2D eigenvalue weighted by atomic mass is 32.1. The van der Waals surface area contributed by atoms with Gasteiger partial charge in [0.05, 0.1) is 6.10 Å². The van der Waals surface area contributed by atoms with E-state index in [4.69, 9.17) is 4.74 Å². The lowest BCUT2D eigenvalue weighted by Gasteiger charge is -2.32. The molecule has 3 heterocycles. The molecule has 0 radical (unpaired) electrons. The van der Waals surface area contributed by atoms with E-state index in [-0.39, 0.29) is 11.7 Å². The summed E-state index contributed by atoms with van der Waals surface area (Å²) in [4.78, 5) is 16.6. The highest BCUT2D eigenvalue weighted by Crippen LogP contribution is 2.34. The maximum absolute atomic E-state index is 11.8. The second kappa shape index (κ2) is 6.93. The van der Waals surface area contributed by atoms with Crippen molar-refractivity contribution in [2.75, 3.05) is 18.5 Å². The Labute approximate surface area is 149 Å². The predicted octanol–water partition coefficient (Wildman–Crippen LogP) is 3.04. The highest BCUT2D eigenvalue weighted by Gasteiger charge is 2.27. The fraction of sp³-hybridized carbons (Fsp3) is 0.389. The van der Waals surface area contributed by atoms with Crippen LogP contribution in [0.3, 0.4) is 0 Å². The second-order valence-electron chi connectivity index (χ2n) is 6.37. The van der Waals surface area contributed by atoms with Gasteiger partial charge in [0.15, 0.2) is 0 Å². The van der Waals surface area contributed by atoms with Crippen LogP contribution in [-0.4, -0.2) is 27.7 Å². The van der Waals surface area contributed by atoms with Crippen LogP contribution in [-0.2, 0) is 4.74 Å². The summed E-state index contributed by atoms with van der Waals surface area (Å²) in [6, 6.07) is 9.98. The van der Waals surface area contributed by atoms with Crippen molar-refractivity contribution in [2.24, 2.45) is 5.92 Å². The van der Waals surface area contributed by atoms with Crippen LogP contribution in [0.15, 0.2) is 41.3 Å². The van der Waals surface area contributed by atoms with E-state index in [2.05, 4.69) is 46.6 Å². The monoisotopic (exact) mass is 356 g/mol. The fourth-order valence-corrected chi connectivity index (χ4v) is 3.99. The molecule has 1 N–H and O–H groups in total. The number of aryl methyl sites for hydroxylation is 1. The summed E-state index contributed by atoms with van der Waals surface area (Å²) in [5.41, 5.74) is 2.31. The first-order valence-corrected chi connectivity index (χ1v) is 9.29. The average molecular weight is 356 g/mol. The number of benzene rings is 1. The van der Waals surface area contributed by atoms with E-state index >= 15 is 0 Å². The topological polar surface area (TPSA) is 68.5 Å². The van der Waals surface area contributed by atoms with Gasteiger partial charge in [0, 0.05) is 31.3 Å². The number of hydrogen-bond donors (Lipinski definition) is 1. The van der Waals surface area contributed by atoms with Crippen molar-refractivity contribution in [3.63, 3.8) is 0 Å². The van der Waals surface area contributed by atoms with E-state index in [0.717, 1.165) is 26.0 Å². The number of nitrogens with zero attached hydrogens (tertiary/aromatic N) is 3. The number of fused-ring (bicyclic) bond motifs is 1. The average Bonchev–Trinajstić information content (AvgIpc) is 3.06. The third-order valence-corrected chi connectivity index (χ3v) is 5.42. The summed E-state index contributed by atoms with van der Waals surface area (Å²) in [5, 5.41) is 8.40. The molecule has 0 aliphatic carbocycles. The normalized spacial score (nSPS) is 20.7. The number of aromatic nitrogens is 3. The van der Waals surface area contributed by atoms with Gasteiger partial charge in [-0.05, 0) is 25.3 Å². The molecule has 0 bridgehead atoms. The SMILES string of the molecule is Cc1ccc(C2OCCCC2CNc2nn3c(=O)ccnc3s2)cc1. The molecule has 1 saturated heterocycles. The van der Waals surface area contributed by atoms with Crippen LogP contribution in [0.2, 0.25) is 0 Å². The number of rotatable bonds is 4. The van der Waals surface area contributed by atoms with E-state index < -0.39 is 0 Å². The van der Waals surface area contributed by atoms with Crippen molar-refractivity contribution in [3.8, 4) is 0 Å². The minimum atomic E-state index is -0.159. The Hall–Kier alpha value is -2.25. The zero-order chi connectivity index (χ0) is 17.2. The molecule has 0 amide bonds. The van der Waals surface area contributed by atoms with Crippen LogP contribution < -0.4 is 10.9 Å². The Morgan fingerprint density at radius 1 is 1.32 bits per heavy atom.